The van der Waals surface area contributed by atoms with E-state index < -0.39 is 28.2 Å². The summed E-state index contributed by atoms with van der Waals surface area (Å²) >= 11 is 13.0. The Morgan fingerprint density at radius 1 is 1.36 bits per heavy atom. The highest BCUT2D eigenvalue weighted by molar-refractivity contribution is 7.14. The van der Waals surface area contributed by atoms with Gasteiger partial charge in [-0.15, -0.1) is 34.5 Å². The van der Waals surface area contributed by atoms with Crippen LogP contribution in [0.15, 0.2) is 29.6 Å². The van der Waals surface area contributed by atoms with Crippen molar-refractivity contribution in [2.24, 2.45) is 5.41 Å². The number of nitrogens with zero attached hydrogens (tertiary/aromatic N) is 1. The van der Waals surface area contributed by atoms with Crippen LogP contribution in [0.2, 0.25) is 0 Å². The van der Waals surface area contributed by atoms with E-state index in [0.29, 0.717) is 10.8 Å². The molecule has 1 aliphatic rings. The van der Waals surface area contributed by atoms with Gasteiger partial charge in [0.2, 0.25) is 0 Å². The van der Waals surface area contributed by atoms with E-state index in [9.17, 15) is 14.0 Å². The molecule has 0 aliphatic heterocycles. The van der Waals surface area contributed by atoms with Crippen LogP contribution in [0.25, 0.3) is 11.3 Å². The van der Waals surface area contributed by atoms with Crippen LogP contribution in [0, 0.1) is 11.2 Å². The lowest BCUT2D eigenvalue weighted by atomic mass is 10.1. The molecule has 25 heavy (non-hydrogen) atoms. The smallest absolute Gasteiger partial charge is 0.315 e. The summed E-state index contributed by atoms with van der Waals surface area (Å²) < 4.78 is 16.8. The number of alkyl halides is 2. The van der Waals surface area contributed by atoms with Crippen molar-refractivity contribution in [3.05, 3.63) is 35.5 Å². The van der Waals surface area contributed by atoms with E-state index in [0.717, 1.165) is 5.56 Å². The first-order valence-electron chi connectivity index (χ1n) is 7.28. The molecule has 2 aromatic rings. The Balaban J connectivity index is 1.54. The molecular weight excluding hydrogens is 390 g/mol. The number of thiazole rings is 1. The molecule has 0 saturated heterocycles. The fourth-order valence-corrected chi connectivity index (χ4v) is 3.58. The molecule has 0 radical (unpaired) electrons. The molecule has 1 aromatic heterocycles. The highest BCUT2D eigenvalue weighted by atomic mass is 35.5. The van der Waals surface area contributed by atoms with E-state index in [4.69, 9.17) is 27.9 Å². The van der Waals surface area contributed by atoms with Crippen LogP contribution >= 0.6 is 34.5 Å². The minimum Gasteiger partial charge on any atom is -0.455 e. The third-order valence-corrected chi connectivity index (χ3v) is 5.79. The molecule has 1 atom stereocenters. The maximum absolute atomic E-state index is 12.9. The number of amides is 1. The first kappa shape index (κ1) is 18.1. The quantitative estimate of drug-likeness (QED) is 0.605. The Morgan fingerprint density at radius 2 is 2.00 bits per heavy atom. The minimum absolute atomic E-state index is 0.289. The summed E-state index contributed by atoms with van der Waals surface area (Å²) in [4.78, 5) is 28.0. The monoisotopic (exact) mass is 402 g/mol. The van der Waals surface area contributed by atoms with Crippen LogP contribution in [0.4, 0.5) is 9.52 Å². The van der Waals surface area contributed by atoms with Crippen molar-refractivity contribution in [3.63, 3.8) is 0 Å². The molecule has 0 spiro atoms. The Kier molecular flexibility index (Phi) is 4.74. The molecule has 0 bridgehead atoms. The zero-order valence-corrected chi connectivity index (χ0v) is 15.3. The molecule has 132 valence electrons. The zero-order valence-electron chi connectivity index (χ0n) is 13.0. The molecule has 1 aliphatic carbocycles. The third-order valence-electron chi connectivity index (χ3n) is 3.93. The Labute approximate surface area is 157 Å². The summed E-state index contributed by atoms with van der Waals surface area (Å²) in [5.74, 6) is -1.47. The van der Waals surface area contributed by atoms with Gasteiger partial charge in [-0.25, -0.2) is 9.37 Å². The summed E-state index contributed by atoms with van der Waals surface area (Å²) in [5, 5.41) is 4.62. The van der Waals surface area contributed by atoms with E-state index in [1.807, 2.05) is 0 Å². The average molecular weight is 403 g/mol. The summed E-state index contributed by atoms with van der Waals surface area (Å²) in [6.45, 7) is 1.13. The van der Waals surface area contributed by atoms with Crippen molar-refractivity contribution in [3.8, 4) is 11.3 Å². The molecule has 1 aromatic carbocycles. The molecular formula is C16H13Cl2FN2O3S. The number of rotatable bonds is 5. The highest BCUT2D eigenvalue weighted by Gasteiger charge is 2.69. The summed E-state index contributed by atoms with van der Waals surface area (Å²) in [6, 6.07) is 5.86. The van der Waals surface area contributed by atoms with E-state index in [2.05, 4.69) is 10.3 Å². The molecule has 1 amide bonds. The molecule has 5 nitrogen and oxygen atoms in total. The van der Waals surface area contributed by atoms with Gasteiger partial charge in [0, 0.05) is 17.4 Å². The van der Waals surface area contributed by atoms with Crippen LogP contribution in [-0.4, -0.2) is 27.8 Å². The topological polar surface area (TPSA) is 68.3 Å². The average Bonchev–Trinajstić information content (AvgIpc) is 2.88. The van der Waals surface area contributed by atoms with Gasteiger partial charge in [0.1, 0.15) is 15.6 Å². The lowest BCUT2D eigenvalue weighted by molar-refractivity contribution is -0.152. The predicted octanol–water partition coefficient (Wildman–Crippen LogP) is 4.01. The van der Waals surface area contributed by atoms with Gasteiger partial charge in [0.15, 0.2) is 11.7 Å². The zero-order chi connectivity index (χ0) is 18.2. The molecule has 1 fully saturated rings. The number of hydrogen-bond donors (Lipinski definition) is 1. The lowest BCUT2D eigenvalue weighted by Gasteiger charge is -2.11. The predicted molar refractivity (Wildman–Crippen MR) is 94.3 cm³/mol. The number of carbonyl (C=O) groups is 2. The number of carbonyl (C=O) groups excluding carboxylic acids is 2. The number of ether oxygens (including phenoxy) is 1. The van der Waals surface area contributed by atoms with Gasteiger partial charge < -0.3 is 4.74 Å². The second-order valence-corrected chi connectivity index (χ2v) is 8.22. The Hall–Kier alpha value is -1.70. The number of hydrogen-bond acceptors (Lipinski definition) is 5. The fraction of sp³-hybridized carbons (Fsp3) is 0.312. The normalized spacial score (nSPS) is 20.8. The molecule has 3 rings (SSSR count). The standard InChI is InChI=1S/C16H13Cl2FN2O3S/c1-15(8-16(15,17)18)13(23)24-6-12(22)21-14-20-11(7-25-14)9-2-4-10(19)5-3-9/h2-5,7H,6,8H2,1H3,(H,20,21,22)/t15-/m0/s1. The van der Waals surface area contributed by atoms with Crippen molar-refractivity contribution < 1.29 is 18.7 Å². The maximum atomic E-state index is 12.9. The van der Waals surface area contributed by atoms with Crippen molar-refractivity contribution >= 4 is 51.5 Å². The minimum atomic E-state index is -1.14. The fourth-order valence-electron chi connectivity index (χ4n) is 2.15. The summed E-state index contributed by atoms with van der Waals surface area (Å²) in [6.07, 6.45) is 0.289. The lowest BCUT2D eigenvalue weighted by Crippen LogP contribution is -2.26. The van der Waals surface area contributed by atoms with E-state index >= 15 is 0 Å². The van der Waals surface area contributed by atoms with Crippen molar-refractivity contribution in [2.45, 2.75) is 17.7 Å². The highest BCUT2D eigenvalue weighted by Crippen LogP contribution is 2.64. The van der Waals surface area contributed by atoms with Crippen molar-refractivity contribution in [2.75, 3.05) is 11.9 Å². The molecule has 1 heterocycles. The number of halogens is 3. The van der Waals surface area contributed by atoms with Crippen LogP contribution in [0.5, 0.6) is 0 Å². The SMILES string of the molecule is C[C@@]1(C(=O)OCC(=O)Nc2nc(-c3ccc(F)cc3)cs2)CC1(Cl)Cl. The molecule has 1 N–H and O–H groups in total. The Bertz CT molecular complexity index is 825. The summed E-state index contributed by atoms with van der Waals surface area (Å²) in [7, 11) is 0. The van der Waals surface area contributed by atoms with Crippen LogP contribution in [0.1, 0.15) is 13.3 Å². The summed E-state index contributed by atoms with van der Waals surface area (Å²) in [5.41, 5.74) is 0.358. The van der Waals surface area contributed by atoms with E-state index in [-0.39, 0.29) is 12.2 Å². The Morgan fingerprint density at radius 3 is 2.60 bits per heavy atom. The van der Waals surface area contributed by atoms with E-state index in [1.54, 1.807) is 24.4 Å². The molecule has 1 saturated carbocycles. The number of esters is 1. The van der Waals surface area contributed by atoms with Gasteiger partial charge in [-0.3, -0.25) is 14.9 Å². The number of aromatic nitrogens is 1. The van der Waals surface area contributed by atoms with Gasteiger partial charge in [-0.1, -0.05) is 0 Å². The molecule has 0 unspecified atom stereocenters. The van der Waals surface area contributed by atoms with Gasteiger partial charge in [-0.2, -0.15) is 0 Å². The first-order chi connectivity index (χ1) is 11.7. The van der Waals surface area contributed by atoms with Crippen LogP contribution in [-0.2, 0) is 14.3 Å². The van der Waals surface area contributed by atoms with Crippen molar-refractivity contribution in [1.82, 2.24) is 4.98 Å². The third kappa shape index (κ3) is 3.78. The number of anilines is 1. The van der Waals surface area contributed by atoms with Gasteiger partial charge in [0.25, 0.3) is 5.91 Å². The second kappa shape index (κ2) is 6.55. The number of benzene rings is 1. The first-order valence-corrected chi connectivity index (χ1v) is 8.91. The number of nitrogens with one attached hydrogen (secondary N) is 1. The van der Waals surface area contributed by atoms with Crippen LogP contribution < -0.4 is 5.32 Å². The van der Waals surface area contributed by atoms with Crippen molar-refractivity contribution in [1.29, 1.82) is 0 Å². The molecule has 9 heteroatoms. The van der Waals surface area contributed by atoms with E-state index in [1.165, 1.54) is 23.5 Å². The van der Waals surface area contributed by atoms with Gasteiger partial charge >= 0.3 is 5.97 Å². The van der Waals surface area contributed by atoms with Gasteiger partial charge in [-0.05, 0) is 31.2 Å². The van der Waals surface area contributed by atoms with Crippen LogP contribution in [0.3, 0.4) is 0 Å². The second-order valence-electron chi connectivity index (χ2n) is 5.88. The van der Waals surface area contributed by atoms with Gasteiger partial charge in [0.05, 0.1) is 5.69 Å². The maximum Gasteiger partial charge on any atom is 0.315 e. The largest absolute Gasteiger partial charge is 0.455 e.